The van der Waals surface area contributed by atoms with Crippen LogP contribution in [0.5, 0.6) is 0 Å². The van der Waals surface area contributed by atoms with Crippen LogP contribution in [0.3, 0.4) is 0 Å². The van der Waals surface area contributed by atoms with E-state index in [4.69, 9.17) is 10.2 Å². The molecule has 0 aromatic heterocycles. The predicted molar refractivity (Wildman–Crippen MR) is 65.3 cm³/mol. The Morgan fingerprint density at radius 2 is 2.22 bits per heavy atom. The molecule has 1 aliphatic heterocycles. The van der Waals surface area contributed by atoms with E-state index >= 15 is 0 Å². The maximum absolute atomic E-state index is 11.8. The van der Waals surface area contributed by atoms with E-state index in [9.17, 15) is 9.59 Å². The van der Waals surface area contributed by atoms with Crippen LogP contribution in [-0.2, 0) is 16.0 Å². The van der Waals surface area contributed by atoms with E-state index in [1.54, 1.807) is 29.2 Å². The van der Waals surface area contributed by atoms with Crippen LogP contribution in [0.2, 0.25) is 0 Å². The van der Waals surface area contributed by atoms with E-state index in [2.05, 4.69) is 0 Å². The van der Waals surface area contributed by atoms with E-state index in [-0.39, 0.29) is 24.9 Å². The zero-order chi connectivity index (χ0) is 13.1. The maximum atomic E-state index is 11.8. The Kier molecular flexibility index (Phi) is 3.62. The third-order valence-corrected chi connectivity index (χ3v) is 3.04. The lowest BCUT2D eigenvalue weighted by atomic mass is 10.1. The largest absolute Gasteiger partial charge is 0.481 e. The Morgan fingerprint density at radius 1 is 1.44 bits per heavy atom. The van der Waals surface area contributed by atoms with Crippen molar-refractivity contribution in [1.82, 2.24) is 0 Å². The summed E-state index contributed by atoms with van der Waals surface area (Å²) in [6, 6.07) is 6.96. The Labute approximate surface area is 105 Å². The van der Waals surface area contributed by atoms with Crippen molar-refractivity contribution in [3.05, 3.63) is 29.8 Å². The number of aliphatic carboxylic acids is 1. The highest BCUT2D eigenvalue weighted by Gasteiger charge is 2.30. The van der Waals surface area contributed by atoms with Gasteiger partial charge < -0.3 is 15.1 Å². The molecule has 5 nitrogen and oxygen atoms in total. The molecule has 1 saturated heterocycles. The maximum Gasteiger partial charge on any atom is 0.307 e. The normalized spacial score (nSPS) is 19.3. The second kappa shape index (κ2) is 5.18. The molecule has 5 heteroatoms. The molecule has 1 unspecified atom stereocenters. The van der Waals surface area contributed by atoms with Gasteiger partial charge in [0.2, 0.25) is 5.91 Å². The number of carbonyl (C=O) groups is 2. The molecule has 1 aromatic carbocycles. The van der Waals surface area contributed by atoms with E-state index in [0.29, 0.717) is 24.2 Å². The fraction of sp³-hybridized carbons (Fsp3) is 0.385. The summed E-state index contributed by atoms with van der Waals surface area (Å²) in [6.45, 7) is 0.489. The minimum absolute atomic E-state index is 0.00292. The number of benzene rings is 1. The Hall–Kier alpha value is -1.88. The summed E-state index contributed by atoms with van der Waals surface area (Å²) in [7, 11) is 0. The van der Waals surface area contributed by atoms with Gasteiger partial charge in [0, 0.05) is 31.2 Å². The summed E-state index contributed by atoms with van der Waals surface area (Å²) < 4.78 is 0. The van der Waals surface area contributed by atoms with Gasteiger partial charge in [-0.2, -0.15) is 0 Å². The molecular formula is C13H15NO4. The molecule has 1 aliphatic rings. The second-order valence-electron chi connectivity index (χ2n) is 4.50. The van der Waals surface area contributed by atoms with Crippen LogP contribution in [-0.4, -0.2) is 35.2 Å². The van der Waals surface area contributed by atoms with Crippen molar-refractivity contribution in [2.45, 2.75) is 12.8 Å². The molecule has 2 N–H and O–H groups in total. The monoisotopic (exact) mass is 249 g/mol. The number of aliphatic hydroxyl groups is 1. The van der Waals surface area contributed by atoms with Crippen molar-refractivity contribution in [3.63, 3.8) is 0 Å². The van der Waals surface area contributed by atoms with Crippen LogP contribution < -0.4 is 4.90 Å². The lowest BCUT2D eigenvalue weighted by Crippen LogP contribution is -2.25. The highest BCUT2D eigenvalue weighted by molar-refractivity contribution is 5.95. The number of rotatable bonds is 4. The zero-order valence-corrected chi connectivity index (χ0v) is 9.87. The van der Waals surface area contributed by atoms with Crippen LogP contribution in [0.25, 0.3) is 0 Å². The molecule has 1 amide bonds. The van der Waals surface area contributed by atoms with Crippen molar-refractivity contribution >= 4 is 17.6 Å². The average Bonchev–Trinajstić information content (AvgIpc) is 2.70. The summed E-state index contributed by atoms with van der Waals surface area (Å²) in [4.78, 5) is 24.0. The fourth-order valence-electron chi connectivity index (χ4n) is 2.16. The molecule has 1 fully saturated rings. The van der Waals surface area contributed by atoms with Gasteiger partial charge in [0.15, 0.2) is 0 Å². The SMILES string of the molecule is O=C(O)Cc1cccc(N2CC(CO)CC2=O)c1. The molecule has 1 aromatic rings. The van der Waals surface area contributed by atoms with Gasteiger partial charge in [-0.3, -0.25) is 9.59 Å². The van der Waals surface area contributed by atoms with Crippen molar-refractivity contribution in [1.29, 1.82) is 0 Å². The van der Waals surface area contributed by atoms with Gasteiger partial charge in [-0.1, -0.05) is 12.1 Å². The van der Waals surface area contributed by atoms with E-state index in [1.165, 1.54) is 0 Å². The predicted octanol–water partition coefficient (Wildman–Crippen LogP) is 0.659. The van der Waals surface area contributed by atoms with Crippen LogP contribution in [0, 0.1) is 5.92 Å². The van der Waals surface area contributed by atoms with Gasteiger partial charge in [-0.05, 0) is 17.7 Å². The molecule has 0 aliphatic carbocycles. The van der Waals surface area contributed by atoms with Gasteiger partial charge in [0.1, 0.15) is 0 Å². The van der Waals surface area contributed by atoms with E-state index < -0.39 is 5.97 Å². The first-order valence-corrected chi connectivity index (χ1v) is 5.82. The molecule has 1 atom stereocenters. The smallest absolute Gasteiger partial charge is 0.307 e. The van der Waals surface area contributed by atoms with Crippen LogP contribution in [0.4, 0.5) is 5.69 Å². The fourth-order valence-corrected chi connectivity index (χ4v) is 2.16. The van der Waals surface area contributed by atoms with Crippen molar-refractivity contribution in [3.8, 4) is 0 Å². The first-order valence-electron chi connectivity index (χ1n) is 5.82. The number of hydrogen-bond acceptors (Lipinski definition) is 3. The number of aliphatic hydroxyl groups excluding tert-OH is 1. The zero-order valence-electron chi connectivity index (χ0n) is 9.87. The third kappa shape index (κ3) is 2.68. The summed E-state index contributed by atoms with van der Waals surface area (Å²) in [5.41, 5.74) is 1.37. The van der Waals surface area contributed by atoms with Crippen LogP contribution in [0.15, 0.2) is 24.3 Å². The van der Waals surface area contributed by atoms with Crippen molar-refractivity contribution in [2.75, 3.05) is 18.1 Å². The summed E-state index contributed by atoms with van der Waals surface area (Å²) in [5, 5.41) is 17.8. The summed E-state index contributed by atoms with van der Waals surface area (Å²) in [5.74, 6) is -0.949. The van der Waals surface area contributed by atoms with Gasteiger partial charge >= 0.3 is 5.97 Å². The number of anilines is 1. The Balaban J connectivity index is 2.18. The number of amides is 1. The minimum atomic E-state index is -0.895. The molecule has 2 rings (SSSR count). The molecule has 0 bridgehead atoms. The second-order valence-corrected chi connectivity index (χ2v) is 4.50. The Bertz CT molecular complexity index is 472. The summed E-state index contributed by atoms with van der Waals surface area (Å²) in [6.07, 6.45) is 0.291. The number of carboxylic acids is 1. The van der Waals surface area contributed by atoms with E-state index in [1.807, 2.05) is 0 Å². The van der Waals surface area contributed by atoms with Gasteiger partial charge in [0.25, 0.3) is 0 Å². The quantitative estimate of drug-likeness (QED) is 0.821. The van der Waals surface area contributed by atoms with Crippen molar-refractivity contribution in [2.24, 2.45) is 5.92 Å². The van der Waals surface area contributed by atoms with Gasteiger partial charge in [0.05, 0.1) is 6.42 Å². The molecule has 0 spiro atoms. The number of hydrogen-bond donors (Lipinski definition) is 2. The molecule has 0 saturated carbocycles. The lowest BCUT2D eigenvalue weighted by molar-refractivity contribution is -0.136. The molecule has 96 valence electrons. The molecule has 18 heavy (non-hydrogen) atoms. The molecule has 1 heterocycles. The topological polar surface area (TPSA) is 77.8 Å². The third-order valence-electron chi connectivity index (χ3n) is 3.04. The standard InChI is InChI=1S/C13H15NO4/c15-8-10-5-12(16)14(7-10)11-3-1-2-9(4-11)6-13(17)18/h1-4,10,15H,5-8H2,(H,17,18). The Morgan fingerprint density at radius 3 is 2.83 bits per heavy atom. The van der Waals surface area contributed by atoms with Gasteiger partial charge in [-0.25, -0.2) is 0 Å². The number of carboxylic acid groups (broad SMARTS) is 1. The average molecular weight is 249 g/mol. The first kappa shape index (κ1) is 12.6. The highest BCUT2D eigenvalue weighted by atomic mass is 16.4. The van der Waals surface area contributed by atoms with Crippen molar-refractivity contribution < 1.29 is 19.8 Å². The number of nitrogens with zero attached hydrogens (tertiary/aromatic N) is 1. The van der Waals surface area contributed by atoms with Crippen LogP contribution in [0.1, 0.15) is 12.0 Å². The van der Waals surface area contributed by atoms with E-state index in [0.717, 1.165) is 0 Å². The molecular weight excluding hydrogens is 234 g/mol. The lowest BCUT2D eigenvalue weighted by Gasteiger charge is -2.17. The van der Waals surface area contributed by atoms with Gasteiger partial charge in [-0.15, -0.1) is 0 Å². The van der Waals surface area contributed by atoms with Crippen LogP contribution >= 0.6 is 0 Å². The highest BCUT2D eigenvalue weighted by Crippen LogP contribution is 2.25. The first-order chi connectivity index (χ1) is 8.60. The summed E-state index contributed by atoms with van der Waals surface area (Å²) >= 11 is 0. The minimum Gasteiger partial charge on any atom is -0.481 e. The number of carbonyl (C=O) groups excluding carboxylic acids is 1. The molecule has 0 radical (unpaired) electrons.